The smallest absolute Gasteiger partial charge is 0.240 e. The molecule has 0 fully saturated rings. The van der Waals surface area contributed by atoms with Gasteiger partial charge in [-0.25, -0.2) is 9.78 Å². The lowest BCUT2D eigenvalue weighted by Crippen LogP contribution is -1.70. The van der Waals surface area contributed by atoms with Crippen LogP contribution in [0.3, 0.4) is 0 Å². The third kappa shape index (κ3) is 1.23. The molecule has 0 saturated heterocycles. The number of aliphatic imine (C=N–C) groups is 1. The Labute approximate surface area is 73.9 Å². The van der Waals surface area contributed by atoms with E-state index in [9.17, 15) is 4.79 Å². The van der Waals surface area contributed by atoms with Gasteiger partial charge in [-0.2, -0.15) is 4.99 Å². The summed E-state index contributed by atoms with van der Waals surface area (Å²) in [5.74, 6) is 0.559. The summed E-state index contributed by atoms with van der Waals surface area (Å²) in [4.78, 5) is 17.7. The number of fused-ring (bicyclic) bond motifs is 1. The van der Waals surface area contributed by atoms with Gasteiger partial charge in [-0.3, -0.25) is 0 Å². The number of rotatable bonds is 1. The van der Waals surface area contributed by atoms with E-state index in [1.165, 1.54) is 6.08 Å². The Hall–Kier alpha value is -1.93. The second kappa shape index (κ2) is 2.84. The van der Waals surface area contributed by atoms with Crippen molar-refractivity contribution in [2.75, 3.05) is 0 Å². The van der Waals surface area contributed by atoms with Gasteiger partial charge in [-0.05, 0) is 12.1 Å². The molecule has 0 aliphatic heterocycles. The Morgan fingerprint density at radius 2 is 2.38 bits per heavy atom. The Bertz CT molecular complexity index is 495. The number of hydrogen-bond acceptors (Lipinski definition) is 4. The van der Waals surface area contributed by atoms with Crippen LogP contribution in [0.1, 0.15) is 5.89 Å². The Morgan fingerprint density at radius 1 is 1.54 bits per heavy atom. The van der Waals surface area contributed by atoms with Crippen LogP contribution < -0.4 is 0 Å². The molecule has 13 heavy (non-hydrogen) atoms. The lowest BCUT2D eigenvalue weighted by atomic mass is 10.3. The normalized spacial score (nSPS) is 9.92. The van der Waals surface area contributed by atoms with Gasteiger partial charge in [0.2, 0.25) is 6.08 Å². The van der Waals surface area contributed by atoms with Crippen LogP contribution in [0.25, 0.3) is 11.1 Å². The van der Waals surface area contributed by atoms with Crippen LogP contribution in [-0.4, -0.2) is 11.1 Å². The monoisotopic (exact) mass is 174 g/mol. The second-order valence-corrected chi connectivity index (χ2v) is 2.56. The zero-order valence-corrected chi connectivity index (χ0v) is 6.94. The average Bonchev–Trinajstić information content (AvgIpc) is 2.47. The molecule has 0 unspecified atom stereocenters. The first-order valence-corrected chi connectivity index (χ1v) is 3.75. The molecule has 0 bridgehead atoms. The second-order valence-electron chi connectivity index (χ2n) is 2.56. The first-order chi connectivity index (χ1) is 6.31. The maximum atomic E-state index is 10.1. The van der Waals surface area contributed by atoms with Crippen molar-refractivity contribution in [1.82, 2.24) is 4.98 Å². The lowest BCUT2D eigenvalue weighted by Gasteiger charge is -1.88. The molecule has 1 aromatic carbocycles. The zero-order valence-electron chi connectivity index (χ0n) is 6.94. The first-order valence-electron chi connectivity index (χ1n) is 3.75. The minimum Gasteiger partial charge on any atom is -0.441 e. The fraction of sp³-hybridized carbons (Fsp3) is 0.111. The molecule has 0 amide bonds. The van der Waals surface area contributed by atoms with Crippen molar-refractivity contribution in [3.8, 4) is 0 Å². The molecular formula is C9H6N2O2. The Morgan fingerprint density at radius 3 is 3.15 bits per heavy atom. The summed E-state index contributed by atoms with van der Waals surface area (Å²) in [6, 6.07) is 5.22. The molecule has 4 heteroatoms. The van der Waals surface area contributed by atoms with Crippen LogP contribution in [0.15, 0.2) is 27.6 Å². The summed E-state index contributed by atoms with van der Waals surface area (Å²) in [5.41, 5.74) is 1.72. The van der Waals surface area contributed by atoms with Crippen LogP contribution in [0.2, 0.25) is 0 Å². The topological polar surface area (TPSA) is 55.5 Å². The van der Waals surface area contributed by atoms with E-state index in [1.54, 1.807) is 25.1 Å². The van der Waals surface area contributed by atoms with Crippen LogP contribution in [0, 0.1) is 6.92 Å². The van der Waals surface area contributed by atoms with Crippen LogP contribution in [-0.2, 0) is 4.79 Å². The number of hydrogen-bond donors (Lipinski definition) is 0. The molecular weight excluding hydrogens is 168 g/mol. The van der Waals surface area contributed by atoms with Crippen LogP contribution >= 0.6 is 0 Å². The minimum absolute atomic E-state index is 0.490. The van der Waals surface area contributed by atoms with Crippen molar-refractivity contribution in [3.63, 3.8) is 0 Å². The highest BCUT2D eigenvalue weighted by Gasteiger charge is 2.05. The number of para-hydroxylation sites is 1. The molecule has 2 aromatic rings. The number of aromatic nitrogens is 1. The number of carbonyl (C=O) groups excluding carboxylic acids is 1. The van der Waals surface area contributed by atoms with E-state index in [4.69, 9.17) is 4.42 Å². The summed E-state index contributed by atoms with van der Waals surface area (Å²) < 4.78 is 5.25. The Balaban J connectivity index is 2.81. The molecule has 1 aromatic heterocycles. The average molecular weight is 174 g/mol. The summed E-state index contributed by atoms with van der Waals surface area (Å²) in [7, 11) is 0. The van der Waals surface area contributed by atoms with Gasteiger partial charge in [0, 0.05) is 6.92 Å². The third-order valence-electron chi connectivity index (χ3n) is 1.67. The fourth-order valence-electron chi connectivity index (χ4n) is 1.18. The molecule has 0 spiro atoms. The van der Waals surface area contributed by atoms with Crippen LogP contribution in [0.5, 0.6) is 0 Å². The van der Waals surface area contributed by atoms with Gasteiger partial charge in [0.05, 0.1) is 0 Å². The maximum absolute atomic E-state index is 10.1. The predicted octanol–water partition coefficient (Wildman–Crippen LogP) is 2.10. The number of aryl methyl sites for hydroxylation is 1. The highest BCUT2D eigenvalue weighted by atomic mass is 16.3. The zero-order chi connectivity index (χ0) is 9.26. The van der Waals surface area contributed by atoms with Gasteiger partial charge in [-0.1, -0.05) is 6.07 Å². The van der Waals surface area contributed by atoms with E-state index in [0.29, 0.717) is 22.7 Å². The van der Waals surface area contributed by atoms with E-state index in [1.807, 2.05) is 0 Å². The van der Waals surface area contributed by atoms with Gasteiger partial charge in [0.1, 0.15) is 11.2 Å². The molecule has 0 aliphatic rings. The number of nitrogens with zero attached hydrogens (tertiary/aromatic N) is 2. The van der Waals surface area contributed by atoms with E-state index in [-0.39, 0.29) is 0 Å². The van der Waals surface area contributed by atoms with Crippen molar-refractivity contribution < 1.29 is 9.21 Å². The van der Waals surface area contributed by atoms with E-state index in [2.05, 4.69) is 9.98 Å². The van der Waals surface area contributed by atoms with E-state index < -0.39 is 0 Å². The van der Waals surface area contributed by atoms with Crippen molar-refractivity contribution in [3.05, 3.63) is 24.1 Å². The first kappa shape index (κ1) is 7.71. The molecule has 0 aliphatic carbocycles. The van der Waals surface area contributed by atoms with Crippen molar-refractivity contribution >= 4 is 22.9 Å². The molecule has 0 N–H and O–H groups in total. The molecule has 0 radical (unpaired) electrons. The molecule has 4 nitrogen and oxygen atoms in total. The lowest BCUT2D eigenvalue weighted by molar-refractivity contribution is 0.561. The van der Waals surface area contributed by atoms with Gasteiger partial charge in [0.15, 0.2) is 11.5 Å². The SMILES string of the molecule is Cc1nc2c(N=C=O)cccc2o1. The standard InChI is InChI=1S/C9H6N2O2/c1-6-11-9-7(10-5-12)3-2-4-8(9)13-6/h2-4H,1H3. The van der Waals surface area contributed by atoms with Crippen molar-refractivity contribution in [2.45, 2.75) is 6.92 Å². The van der Waals surface area contributed by atoms with E-state index >= 15 is 0 Å². The predicted molar refractivity (Wildman–Crippen MR) is 46.5 cm³/mol. The molecule has 64 valence electrons. The highest BCUT2D eigenvalue weighted by molar-refractivity contribution is 5.85. The van der Waals surface area contributed by atoms with Gasteiger partial charge in [0.25, 0.3) is 0 Å². The van der Waals surface area contributed by atoms with Gasteiger partial charge < -0.3 is 4.42 Å². The summed E-state index contributed by atoms with van der Waals surface area (Å²) in [5, 5.41) is 0. The largest absolute Gasteiger partial charge is 0.441 e. The fourth-order valence-corrected chi connectivity index (χ4v) is 1.18. The molecule has 1 heterocycles. The molecule has 0 saturated carbocycles. The minimum atomic E-state index is 0.490. The third-order valence-corrected chi connectivity index (χ3v) is 1.67. The number of oxazole rings is 1. The van der Waals surface area contributed by atoms with E-state index in [0.717, 1.165) is 0 Å². The molecule has 0 atom stereocenters. The Kier molecular flexibility index (Phi) is 1.69. The summed E-state index contributed by atoms with van der Waals surface area (Å²) in [6.07, 6.45) is 1.48. The summed E-state index contributed by atoms with van der Waals surface area (Å²) >= 11 is 0. The number of benzene rings is 1. The van der Waals surface area contributed by atoms with Gasteiger partial charge >= 0.3 is 0 Å². The number of isocyanates is 1. The van der Waals surface area contributed by atoms with Crippen LogP contribution in [0.4, 0.5) is 5.69 Å². The van der Waals surface area contributed by atoms with Gasteiger partial charge in [-0.15, -0.1) is 0 Å². The van der Waals surface area contributed by atoms with Crippen molar-refractivity contribution in [1.29, 1.82) is 0 Å². The van der Waals surface area contributed by atoms with Crippen molar-refractivity contribution in [2.24, 2.45) is 4.99 Å². The highest BCUT2D eigenvalue weighted by Crippen LogP contribution is 2.24. The molecule has 2 rings (SSSR count). The summed E-state index contributed by atoms with van der Waals surface area (Å²) in [6.45, 7) is 1.74. The quantitative estimate of drug-likeness (QED) is 0.491. The maximum Gasteiger partial charge on any atom is 0.240 e.